The number of carbonyl (C=O) groups is 1. The summed E-state index contributed by atoms with van der Waals surface area (Å²) in [4.78, 5) is 17.0. The molecule has 0 aromatic heterocycles. The number of piperidine rings is 1. The molecule has 2 rings (SSSR count). The number of benzene rings is 1. The number of nitrogens with one attached hydrogen (secondary N) is 1. The van der Waals surface area contributed by atoms with Gasteiger partial charge in [0.15, 0.2) is 0 Å². The molecule has 1 aliphatic rings. The van der Waals surface area contributed by atoms with Crippen LogP contribution in [0, 0.1) is 0 Å². The largest absolute Gasteiger partial charge is 0.496 e. The lowest BCUT2D eigenvalue weighted by Gasteiger charge is -2.35. The van der Waals surface area contributed by atoms with E-state index in [1.165, 1.54) is 20.0 Å². The molecule has 24 heavy (non-hydrogen) atoms. The summed E-state index contributed by atoms with van der Waals surface area (Å²) in [6, 6.07) is 3.79. The Bertz CT molecular complexity index is 572. The van der Waals surface area contributed by atoms with Crippen molar-refractivity contribution in [2.45, 2.75) is 18.9 Å². The van der Waals surface area contributed by atoms with Crippen LogP contribution in [-0.4, -0.2) is 69.1 Å². The first kappa shape index (κ1) is 18.8. The van der Waals surface area contributed by atoms with E-state index in [4.69, 9.17) is 22.1 Å². The maximum atomic E-state index is 12.4. The van der Waals surface area contributed by atoms with Gasteiger partial charge in [-0.25, -0.2) is 0 Å². The molecule has 7 heteroatoms. The van der Waals surface area contributed by atoms with Gasteiger partial charge >= 0.3 is 0 Å². The van der Waals surface area contributed by atoms with Crippen LogP contribution < -0.4 is 15.8 Å². The normalized spacial score (nSPS) is 16.4. The summed E-state index contributed by atoms with van der Waals surface area (Å²) in [7, 11) is 5.77. The fourth-order valence-corrected chi connectivity index (χ4v) is 3.16. The van der Waals surface area contributed by atoms with E-state index in [0.717, 1.165) is 19.6 Å². The van der Waals surface area contributed by atoms with Crippen molar-refractivity contribution in [1.29, 1.82) is 0 Å². The van der Waals surface area contributed by atoms with Crippen molar-refractivity contribution < 1.29 is 9.53 Å². The Morgan fingerprint density at radius 2 is 2.08 bits per heavy atom. The van der Waals surface area contributed by atoms with Gasteiger partial charge in [-0.3, -0.25) is 4.79 Å². The number of halogens is 1. The first-order valence-corrected chi connectivity index (χ1v) is 8.60. The Labute approximate surface area is 148 Å². The highest BCUT2D eigenvalue weighted by Gasteiger charge is 2.20. The van der Waals surface area contributed by atoms with Crippen LogP contribution in [0.2, 0.25) is 5.02 Å². The number of nitrogen functional groups attached to an aromatic ring is 1. The first-order valence-electron chi connectivity index (χ1n) is 8.22. The van der Waals surface area contributed by atoms with Gasteiger partial charge in [0.25, 0.3) is 5.91 Å². The number of hydrogen-bond donors (Lipinski definition) is 2. The highest BCUT2D eigenvalue weighted by Crippen LogP contribution is 2.28. The smallest absolute Gasteiger partial charge is 0.255 e. The van der Waals surface area contributed by atoms with E-state index < -0.39 is 0 Å². The Kier molecular flexibility index (Phi) is 6.71. The molecule has 6 nitrogen and oxygen atoms in total. The molecule has 134 valence electrons. The number of methoxy groups -OCH3 is 1. The van der Waals surface area contributed by atoms with Gasteiger partial charge in [-0.2, -0.15) is 0 Å². The number of rotatable bonds is 6. The predicted molar refractivity (Wildman–Crippen MR) is 97.9 cm³/mol. The van der Waals surface area contributed by atoms with E-state index in [1.54, 1.807) is 12.1 Å². The summed E-state index contributed by atoms with van der Waals surface area (Å²) in [5.41, 5.74) is 6.54. The Hall–Kier alpha value is -1.50. The summed E-state index contributed by atoms with van der Waals surface area (Å²) < 4.78 is 5.22. The summed E-state index contributed by atoms with van der Waals surface area (Å²) >= 11 is 6.01. The fraction of sp³-hybridized carbons (Fsp3) is 0.588. The molecule has 0 bridgehead atoms. The molecule has 0 saturated carbocycles. The number of nitrogens with two attached hydrogens (primary N) is 1. The lowest BCUT2D eigenvalue weighted by Crippen LogP contribution is -2.44. The molecule has 1 aromatic carbocycles. The highest BCUT2D eigenvalue weighted by molar-refractivity contribution is 6.33. The van der Waals surface area contributed by atoms with Crippen LogP contribution in [0.15, 0.2) is 12.1 Å². The van der Waals surface area contributed by atoms with Crippen molar-refractivity contribution in [3.63, 3.8) is 0 Å². The number of nitrogens with zero attached hydrogens (tertiary/aromatic N) is 2. The SMILES string of the molecule is COc1cc(N)c(Cl)cc1C(=O)NCCN1CCC(N(C)C)CC1. The predicted octanol–water partition coefficient (Wildman–Crippen LogP) is 1.69. The van der Waals surface area contributed by atoms with Gasteiger partial charge in [0, 0.05) is 25.2 Å². The lowest BCUT2D eigenvalue weighted by molar-refractivity contribution is 0.0937. The molecule has 1 heterocycles. The number of hydrogen-bond acceptors (Lipinski definition) is 5. The molecule has 0 atom stereocenters. The van der Waals surface area contributed by atoms with Crippen LogP contribution >= 0.6 is 11.6 Å². The Morgan fingerprint density at radius 1 is 1.42 bits per heavy atom. The number of carbonyl (C=O) groups excluding carboxylic acids is 1. The molecule has 0 aliphatic carbocycles. The molecule has 0 spiro atoms. The average molecular weight is 355 g/mol. The van der Waals surface area contributed by atoms with Gasteiger partial charge in [0.1, 0.15) is 5.75 Å². The monoisotopic (exact) mass is 354 g/mol. The third-order valence-electron chi connectivity index (χ3n) is 4.56. The van der Waals surface area contributed by atoms with Crippen LogP contribution in [0.4, 0.5) is 5.69 Å². The van der Waals surface area contributed by atoms with E-state index >= 15 is 0 Å². The molecule has 1 amide bonds. The minimum Gasteiger partial charge on any atom is -0.496 e. The van der Waals surface area contributed by atoms with Crippen LogP contribution in [-0.2, 0) is 0 Å². The Morgan fingerprint density at radius 3 is 2.67 bits per heavy atom. The fourth-order valence-electron chi connectivity index (χ4n) is 3.00. The van der Waals surface area contributed by atoms with Gasteiger partial charge in [0.2, 0.25) is 0 Å². The first-order chi connectivity index (χ1) is 11.4. The van der Waals surface area contributed by atoms with Gasteiger partial charge < -0.3 is 25.6 Å². The van der Waals surface area contributed by atoms with Crippen molar-refractivity contribution in [2.75, 3.05) is 53.1 Å². The molecule has 0 radical (unpaired) electrons. The summed E-state index contributed by atoms with van der Waals surface area (Å²) in [6.07, 6.45) is 2.34. The molecule has 3 N–H and O–H groups in total. The molecule has 0 unspecified atom stereocenters. The van der Waals surface area contributed by atoms with Gasteiger partial charge in [0.05, 0.1) is 23.4 Å². The van der Waals surface area contributed by atoms with E-state index in [1.807, 2.05) is 0 Å². The van der Waals surface area contributed by atoms with E-state index in [2.05, 4.69) is 29.2 Å². The van der Waals surface area contributed by atoms with Gasteiger partial charge in [-0.05, 0) is 46.1 Å². The number of likely N-dealkylation sites (tertiary alicyclic amines) is 1. The molecular weight excluding hydrogens is 328 g/mol. The molecule has 1 aliphatic heterocycles. The molecule has 1 aromatic rings. The van der Waals surface area contributed by atoms with Gasteiger partial charge in [-0.1, -0.05) is 11.6 Å². The second kappa shape index (κ2) is 8.55. The van der Waals surface area contributed by atoms with Crippen molar-refractivity contribution >= 4 is 23.2 Å². The quantitative estimate of drug-likeness (QED) is 0.761. The summed E-state index contributed by atoms with van der Waals surface area (Å²) in [5.74, 6) is 0.234. The third kappa shape index (κ3) is 4.75. The second-order valence-electron chi connectivity index (χ2n) is 6.37. The minimum atomic E-state index is -0.197. The minimum absolute atomic E-state index is 0.197. The number of anilines is 1. The van der Waals surface area contributed by atoms with Crippen LogP contribution in [0.1, 0.15) is 23.2 Å². The van der Waals surface area contributed by atoms with Crippen molar-refractivity contribution in [3.8, 4) is 5.75 Å². The Balaban J connectivity index is 1.83. The standard InChI is InChI=1S/C17H27ClN4O2/c1-21(2)12-4-7-22(8-5-12)9-6-20-17(23)13-10-14(18)15(19)11-16(13)24-3/h10-12H,4-9,19H2,1-3H3,(H,20,23). The van der Waals surface area contributed by atoms with E-state index in [0.29, 0.717) is 34.6 Å². The molecule has 1 saturated heterocycles. The summed E-state index contributed by atoms with van der Waals surface area (Å²) in [5, 5.41) is 3.28. The lowest BCUT2D eigenvalue weighted by atomic mass is 10.0. The third-order valence-corrected chi connectivity index (χ3v) is 4.89. The second-order valence-corrected chi connectivity index (χ2v) is 6.77. The maximum absolute atomic E-state index is 12.4. The van der Waals surface area contributed by atoms with Crippen LogP contribution in [0.3, 0.4) is 0 Å². The van der Waals surface area contributed by atoms with E-state index in [9.17, 15) is 4.79 Å². The number of amides is 1. The van der Waals surface area contributed by atoms with Crippen molar-refractivity contribution in [3.05, 3.63) is 22.7 Å². The molecular formula is C17H27ClN4O2. The molecule has 1 fully saturated rings. The summed E-state index contributed by atoms with van der Waals surface area (Å²) in [6.45, 7) is 3.57. The van der Waals surface area contributed by atoms with Crippen LogP contribution in [0.5, 0.6) is 5.75 Å². The highest BCUT2D eigenvalue weighted by atomic mass is 35.5. The number of ether oxygens (including phenoxy) is 1. The van der Waals surface area contributed by atoms with E-state index in [-0.39, 0.29) is 5.91 Å². The van der Waals surface area contributed by atoms with Crippen LogP contribution in [0.25, 0.3) is 0 Å². The van der Waals surface area contributed by atoms with Gasteiger partial charge in [-0.15, -0.1) is 0 Å². The maximum Gasteiger partial charge on any atom is 0.255 e. The average Bonchev–Trinajstić information content (AvgIpc) is 2.57. The van der Waals surface area contributed by atoms with Crippen molar-refractivity contribution in [1.82, 2.24) is 15.1 Å². The zero-order chi connectivity index (χ0) is 17.7. The topological polar surface area (TPSA) is 70.8 Å². The zero-order valence-electron chi connectivity index (χ0n) is 14.6. The van der Waals surface area contributed by atoms with Crippen molar-refractivity contribution in [2.24, 2.45) is 0 Å². The zero-order valence-corrected chi connectivity index (χ0v) is 15.4.